The standard InChI is InChI=1S/C20H20N4O2/c1-12-8-17(9-13(2)18(12)10-21)26-20-14(3)22-24(19(20)15-4-5-15)11-16-6-7-25-23-16/h6-9,15H,4-5,11H2,1-3H3. The van der Waals surface area contributed by atoms with Crippen LogP contribution in [0.4, 0.5) is 0 Å². The van der Waals surface area contributed by atoms with Crippen molar-refractivity contribution in [3.63, 3.8) is 0 Å². The van der Waals surface area contributed by atoms with Crippen molar-refractivity contribution in [3.8, 4) is 17.6 Å². The average Bonchev–Trinajstić information content (AvgIpc) is 3.20. The lowest BCUT2D eigenvalue weighted by atomic mass is 10.0. The molecule has 0 atom stereocenters. The van der Waals surface area contributed by atoms with Crippen molar-refractivity contribution in [2.75, 3.05) is 0 Å². The molecule has 0 radical (unpaired) electrons. The minimum Gasteiger partial charge on any atom is -0.453 e. The quantitative estimate of drug-likeness (QED) is 0.683. The van der Waals surface area contributed by atoms with Crippen LogP contribution in [0.15, 0.2) is 29.0 Å². The maximum Gasteiger partial charge on any atom is 0.171 e. The Hall–Kier alpha value is -3.07. The van der Waals surface area contributed by atoms with E-state index in [9.17, 15) is 5.26 Å². The van der Waals surface area contributed by atoms with Crippen LogP contribution in [0.1, 0.15) is 52.5 Å². The van der Waals surface area contributed by atoms with E-state index in [0.717, 1.165) is 52.5 Å². The lowest BCUT2D eigenvalue weighted by Crippen LogP contribution is -2.06. The molecular weight excluding hydrogens is 328 g/mol. The Kier molecular flexibility index (Phi) is 4.00. The van der Waals surface area contributed by atoms with Crippen LogP contribution in [0.2, 0.25) is 0 Å². The molecule has 6 heteroatoms. The van der Waals surface area contributed by atoms with Gasteiger partial charge in [-0.3, -0.25) is 4.68 Å². The van der Waals surface area contributed by atoms with Gasteiger partial charge in [-0.25, -0.2) is 0 Å². The fraction of sp³-hybridized carbons (Fsp3) is 0.350. The zero-order valence-corrected chi connectivity index (χ0v) is 15.1. The smallest absolute Gasteiger partial charge is 0.171 e. The summed E-state index contributed by atoms with van der Waals surface area (Å²) in [6.45, 7) is 6.39. The van der Waals surface area contributed by atoms with Gasteiger partial charge in [0, 0.05) is 12.0 Å². The second kappa shape index (κ2) is 6.34. The molecule has 2 heterocycles. The van der Waals surface area contributed by atoms with Crippen LogP contribution in [-0.2, 0) is 6.54 Å². The number of ether oxygens (including phenoxy) is 1. The molecule has 0 spiro atoms. The van der Waals surface area contributed by atoms with Gasteiger partial charge in [0.25, 0.3) is 0 Å². The van der Waals surface area contributed by atoms with Gasteiger partial charge in [-0.2, -0.15) is 10.4 Å². The second-order valence-corrected chi connectivity index (χ2v) is 6.87. The van der Waals surface area contributed by atoms with E-state index in [1.165, 1.54) is 0 Å². The van der Waals surface area contributed by atoms with Crippen LogP contribution >= 0.6 is 0 Å². The molecule has 0 unspecified atom stereocenters. The number of rotatable bonds is 5. The molecular formula is C20H20N4O2. The van der Waals surface area contributed by atoms with Crippen LogP contribution in [0.3, 0.4) is 0 Å². The topological polar surface area (TPSA) is 76.9 Å². The highest BCUT2D eigenvalue weighted by atomic mass is 16.5. The van der Waals surface area contributed by atoms with Crippen LogP contribution in [-0.4, -0.2) is 14.9 Å². The van der Waals surface area contributed by atoms with Crippen LogP contribution in [0, 0.1) is 32.1 Å². The normalized spacial score (nSPS) is 13.6. The molecule has 1 fully saturated rings. The van der Waals surface area contributed by atoms with Crippen LogP contribution < -0.4 is 4.74 Å². The van der Waals surface area contributed by atoms with E-state index in [1.807, 2.05) is 43.7 Å². The summed E-state index contributed by atoms with van der Waals surface area (Å²) in [6, 6.07) is 7.92. The van der Waals surface area contributed by atoms with Gasteiger partial charge in [-0.15, -0.1) is 0 Å². The zero-order valence-electron chi connectivity index (χ0n) is 15.1. The molecule has 0 aliphatic heterocycles. The summed E-state index contributed by atoms with van der Waals surface area (Å²) in [6.07, 6.45) is 3.86. The Morgan fingerprint density at radius 1 is 1.27 bits per heavy atom. The number of aromatic nitrogens is 3. The summed E-state index contributed by atoms with van der Waals surface area (Å²) < 4.78 is 13.2. The Balaban J connectivity index is 1.71. The van der Waals surface area contributed by atoms with Crippen molar-refractivity contribution in [1.29, 1.82) is 5.26 Å². The Morgan fingerprint density at radius 2 is 2.00 bits per heavy atom. The molecule has 6 nitrogen and oxygen atoms in total. The third-order valence-corrected chi connectivity index (χ3v) is 4.72. The van der Waals surface area contributed by atoms with Gasteiger partial charge in [-0.1, -0.05) is 5.16 Å². The minimum absolute atomic E-state index is 0.471. The van der Waals surface area contributed by atoms with E-state index < -0.39 is 0 Å². The van der Waals surface area contributed by atoms with Crippen LogP contribution in [0.5, 0.6) is 11.5 Å². The Bertz CT molecular complexity index is 969. The summed E-state index contributed by atoms with van der Waals surface area (Å²) in [5, 5.41) is 17.9. The Labute approximate surface area is 152 Å². The van der Waals surface area contributed by atoms with Gasteiger partial charge in [0.05, 0.1) is 23.9 Å². The largest absolute Gasteiger partial charge is 0.453 e. The van der Waals surface area contributed by atoms with Crippen LogP contribution in [0.25, 0.3) is 0 Å². The number of hydrogen-bond acceptors (Lipinski definition) is 5. The maximum atomic E-state index is 9.26. The molecule has 1 aromatic carbocycles. The number of nitriles is 1. The van der Waals surface area contributed by atoms with E-state index in [4.69, 9.17) is 9.26 Å². The first-order valence-corrected chi connectivity index (χ1v) is 8.72. The number of aryl methyl sites for hydroxylation is 3. The summed E-state index contributed by atoms with van der Waals surface area (Å²) in [7, 11) is 0. The molecule has 1 aliphatic carbocycles. The second-order valence-electron chi connectivity index (χ2n) is 6.87. The third kappa shape index (κ3) is 2.97. The van der Waals surface area contributed by atoms with Crippen molar-refractivity contribution in [2.24, 2.45) is 0 Å². The predicted octanol–water partition coefficient (Wildman–Crippen LogP) is 4.39. The molecule has 2 aromatic heterocycles. The van der Waals surface area contributed by atoms with E-state index in [2.05, 4.69) is 16.3 Å². The highest BCUT2D eigenvalue weighted by molar-refractivity contribution is 5.50. The molecule has 3 aromatic rings. The van der Waals surface area contributed by atoms with Crippen molar-refractivity contribution in [1.82, 2.24) is 14.9 Å². The van der Waals surface area contributed by atoms with Gasteiger partial charge in [-0.05, 0) is 56.9 Å². The first-order valence-electron chi connectivity index (χ1n) is 8.72. The lowest BCUT2D eigenvalue weighted by molar-refractivity contribution is 0.407. The van der Waals surface area contributed by atoms with Gasteiger partial charge >= 0.3 is 0 Å². The first kappa shape index (κ1) is 16.4. The molecule has 26 heavy (non-hydrogen) atoms. The number of nitrogens with zero attached hydrogens (tertiary/aromatic N) is 4. The van der Waals surface area contributed by atoms with E-state index >= 15 is 0 Å². The van der Waals surface area contributed by atoms with E-state index in [1.54, 1.807) is 6.26 Å². The predicted molar refractivity (Wildman–Crippen MR) is 95.2 cm³/mol. The molecule has 0 saturated heterocycles. The molecule has 0 bridgehead atoms. The monoisotopic (exact) mass is 348 g/mol. The summed E-state index contributed by atoms with van der Waals surface area (Å²) in [5.41, 5.74) is 5.36. The molecule has 132 valence electrons. The van der Waals surface area contributed by atoms with Crippen molar-refractivity contribution < 1.29 is 9.26 Å². The highest BCUT2D eigenvalue weighted by Crippen LogP contribution is 2.46. The summed E-state index contributed by atoms with van der Waals surface area (Å²) >= 11 is 0. The average molecular weight is 348 g/mol. The fourth-order valence-corrected chi connectivity index (χ4v) is 3.33. The maximum absolute atomic E-state index is 9.26. The summed E-state index contributed by atoms with van der Waals surface area (Å²) in [4.78, 5) is 0. The Morgan fingerprint density at radius 3 is 2.58 bits per heavy atom. The fourth-order valence-electron chi connectivity index (χ4n) is 3.33. The minimum atomic E-state index is 0.471. The van der Waals surface area contributed by atoms with Crippen molar-refractivity contribution in [2.45, 2.75) is 46.1 Å². The lowest BCUT2D eigenvalue weighted by Gasteiger charge is -2.11. The molecule has 1 aliphatic rings. The van der Waals surface area contributed by atoms with Crippen molar-refractivity contribution >= 4 is 0 Å². The first-order chi connectivity index (χ1) is 12.6. The van der Waals surface area contributed by atoms with Gasteiger partial charge in [0.2, 0.25) is 0 Å². The van der Waals surface area contributed by atoms with Gasteiger partial charge in [0.1, 0.15) is 23.4 Å². The molecule has 0 amide bonds. The van der Waals surface area contributed by atoms with Crippen molar-refractivity contribution in [3.05, 3.63) is 58.2 Å². The molecule has 4 rings (SSSR count). The SMILES string of the molecule is Cc1cc(Oc2c(C)nn(Cc3ccon3)c2C2CC2)cc(C)c1C#N. The number of benzene rings is 1. The summed E-state index contributed by atoms with van der Waals surface area (Å²) in [5.74, 6) is 2.03. The number of hydrogen-bond donors (Lipinski definition) is 0. The van der Waals surface area contributed by atoms with E-state index in [-0.39, 0.29) is 0 Å². The van der Waals surface area contributed by atoms with E-state index in [0.29, 0.717) is 18.0 Å². The van der Waals surface area contributed by atoms with Gasteiger partial charge in [0.15, 0.2) is 5.75 Å². The zero-order chi connectivity index (χ0) is 18.3. The third-order valence-electron chi connectivity index (χ3n) is 4.72. The molecule has 0 N–H and O–H groups in total. The highest BCUT2D eigenvalue weighted by Gasteiger charge is 2.33. The van der Waals surface area contributed by atoms with Gasteiger partial charge < -0.3 is 9.26 Å². The molecule has 1 saturated carbocycles.